The van der Waals surface area contributed by atoms with Gasteiger partial charge in [-0.25, -0.2) is 0 Å². The molecule has 1 unspecified atom stereocenters. The van der Waals surface area contributed by atoms with Gasteiger partial charge in [0.25, 0.3) is 5.76 Å². The molecule has 4 nitrogen and oxygen atoms in total. The summed E-state index contributed by atoms with van der Waals surface area (Å²) < 4.78 is 25.3. The lowest BCUT2D eigenvalue weighted by Crippen LogP contribution is -2.29. The number of alkyl halides is 2. The minimum Gasteiger partial charge on any atom is -0.349 e. The number of hydrogen-bond donors (Lipinski definition) is 2. The number of thioether (sulfide) groups is 1. The highest BCUT2D eigenvalue weighted by atomic mass is 35.5. The number of benzene rings is 2. The zero-order valence-corrected chi connectivity index (χ0v) is 15.4. The summed E-state index contributed by atoms with van der Waals surface area (Å²) in [6, 6.07) is 12.5. The molecule has 0 radical (unpaired) electrons. The summed E-state index contributed by atoms with van der Waals surface area (Å²) >= 11 is 6.23. The van der Waals surface area contributed by atoms with E-state index in [1.165, 1.54) is 13.0 Å². The first-order chi connectivity index (χ1) is 12.3. The van der Waals surface area contributed by atoms with Crippen molar-refractivity contribution < 1.29 is 18.4 Å². The van der Waals surface area contributed by atoms with Crippen LogP contribution in [0.5, 0.6) is 0 Å². The maximum atomic E-state index is 12.6. The van der Waals surface area contributed by atoms with Crippen molar-refractivity contribution in [2.24, 2.45) is 0 Å². The molecule has 2 aromatic rings. The Morgan fingerprint density at radius 3 is 2.38 bits per heavy atom. The van der Waals surface area contributed by atoms with E-state index < -0.39 is 17.7 Å². The Bertz CT molecular complexity index is 772. The highest BCUT2D eigenvalue weighted by Gasteiger charge is 2.18. The molecule has 0 saturated heterocycles. The van der Waals surface area contributed by atoms with Crippen LogP contribution in [0.3, 0.4) is 0 Å². The molecule has 0 heterocycles. The van der Waals surface area contributed by atoms with E-state index in [1.54, 1.807) is 42.5 Å². The maximum Gasteiger partial charge on any atom is 0.288 e. The Morgan fingerprint density at radius 1 is 1.12 bits per heavy atom. The van der Waals surface area contributed by atoms with Crippen molar-refractivity contribution in [1.82, 2.24) is 5.32 Å². The van der Waals surface area contributed by atoms with Gasteiger partial charge in [0, 0.05) is 16.8 Å². The van der Waals surface area contributed by atoms with Crippen molar-refractivity contribution in [1.29, 1.82) is 0 Å². The van der Waals surface area contributed by atoms with E-state index in [2.05, 4.69) is 10.6 Å². The first-order valence-corrected chi connectivity index (χ1v) is 8.97. The standard InChI is InChI=1S/C18H17ClF2N2O2S/c1-11(24)22-15(12-6-8-13(19)9-7-12)10-17(25)23-14-4-2-3-5-16(14)26-18(20)21/h2-9,15,18H,10H2,1H3,(H,22,24)(H,23,25). The summed E-state index contributed by atoms with van der Waals surface area (Å²) in [6.45, 7) is 1.36. The molecule has 0 saturated carbocycles. The highest BCUT2D eigenvalue weighted by molar-refractivity contribution is 7.99. The number of nitrogens with one attached hydrogen (secondary N) is 2. The summed E-state index contributed by atoms with van der Waals surface area (Å²) in [4.78, 5) is 24.1. The van der Waals surface area contributed by atoms with Gasteiger partial charge in [-0.3, -0.25) is 9.59 Å². The second kappa shape index (κ2) is 9.54. The number of carbonyl (C=O) groups excluding carboxylic acids is 2. The van der Waals surface area contributed by atoms with Crippen LogP contribution in [-0.4, -0.2) is 17.6 Å². The third-order valence-corrected chi connectivity index (χ3v) is 4.46. The number of para-hydroxylation sites is 1. The first-order valence-electron chi connectivity index (χ1n) is 7.71. The van der Waals surface area contributed by atoms with Crippen molar-refractivity contribution in [3.8, 4) is 0 Å². The fourth-order valence-electron chi connectivity index (χ4n) is 2.35. The smallest absolute Gasteiger partial charge is 0.288 e. The van der Waals surface area contributed by atoms with Crippen molar-refractivity contribution in [3.05, 3.63) is 59.1 Å². The van der Waals surface area contributed by atoms with Gasteiger partial charge in [0.15, 0.2) is 0 Å². The SMILES string of the molecule is CC(=O)NC(CC(=O)Nc1ccccc1SC(F)F)c1ccc(Cl)cc1. The van der Waals surface area contributed by atoms with Gasteiger partial charge in [-0.05, 0) is 29.8 Å². The van der Waals surface area contributed by atoms with E-state index >= 15 is 0 Å². The molecule has 26 heavy (non-hydrogen) atoms. The third kappa shape index (κ3) is 6.31. The third-order valence-electron chi connectivity index (χ3n) is 3.42. The summed E-state index contributed by atoms with van der Waals surface area (Å²) in [5, 5.41) is 5.88. The molecule has 0 bridgehead atoms. The number of rotatable bonds is 7. The monoisotopic (exact) mass is 398 g/mol. The second-order valence-electron chi connectivity index (χ2n) is 5.43. The predicted molar refractivity (Wildman–Crippen MR) is 99.6 cm³/mol. The van der Waals surface area contributed by atoms with Crippen LogP contribution in [-0.2, 0) is 9.59 Å². The molecule has 2 amide bonds. The summed E-state index contributed by atoms with van der Waals surface area (Å²) in [7, 11) is 0. The summed E-state index contributed by atoms with van der Waals surface area (Å²) in [5.41, 5.74) is 1.02. The Labute approximate surface area is 159 Å². The molecule has 2 N–H and O–H groups in total. The van der Waals surface area contributed by atoms with Gasteiger partial charge in [0.05, 0.1) is 18.2 Å². The molecule has 0 aliphatic rings. The van der Waals surface area contributed by atoms with Crippen molar-refractivity contribution >= 4 is 40.9 Å². The fourth-order valence-corrected chi connectivity index (χ4v) is 3.07. The zero-order valence-electron chi connectivity index (χ0n) is 13.8. The minimum atomic E-state index is -2.59. The molecule has 2 rings (SSSR count). The maximum absolute atomic E-state index is 12.6. The second-order valence-corrected chi connectivity index (χ2v) is 6.90. The molecular weight excluding hydrogens is 382 g/mol. The van der Waals surface area contributed by atoms with E-state index in [-0.39, 0.29) is 17.2 Å². The van der Waals surface area contributed by atoms with Crippen LogP contribution in [0.25, 0.3) is 0 Å². The van der Waals surface area contributed by atoms with Crippen LogP contribution in [0.15, 0.2) is 53.4 Å². The molecule has 2 aromatic carbocycles. The Kier molecular flexibility index (Phi) is 7.41. The minimum absolute atomic E-state index is 0.0467. The van der Waals surface area contributed by atoms with Crippen molar-refractivity contribution in [2.45, 2.75) is 30.0 Å². The quantitative estimate of drug-likeness (QED) is 0.655. The van der Waals surface area contributed by atoms with Crippen molar-refractivity contribution in [3.63, 3.8) is 0 Å². The normalized spacial score (nSPS) is 11.9. The van der Waals surface area contributed by atoms with Gasteiger partial charge in [-0.15, -0.1) is 0 Å². The summed E-state index contributed by atoms with van der Waals surface area (Å²) in [6.07, 6.45) is -0.0467. The lowest BCUT2D eigenvalue weighted by atomic mass is 10.0. The Morgan fingerprint density at radius 2 is 1.77 bits per heavy atom. The lowest BCUT2D eigenvalue weighted by Gasteiger charge is -2.19. The van der Waals surface area contributed by atoms with Gasteiger partial charge in [-0.2, -0.15) is 8.78 Å². The van der Waals surface area contributed by atoms with Crippen LogP contribution in [0.1, 0.15) is 24.9 Å². The van der Waals surface area contributed by atoms with Crippen LogP contribution < -0.4 is 10.6 Å². The molecule has 8 heteroatoms. The van der Waals surface area contributed by atoms with E-state index in [9.17, 15) is 18.4 Å². The predicted octanol–water partition coefficient (Wildman–Crippen LogP) is 4.86. The molecule has 0 fully saturated rings. The van der Waals surface area contributed by atoms with Crippen molar-refractivity contribution in [2.75, 3.05) is 5.32 Å². The van der Waals surface area contributed by atoms with Crippen LogP contribution in [0, 0.1) is 0 Å². The van der Waals surface area contributed by atoms with Gasteiger partial charge < -0.3 is 10.6 Å². The molecular formula is C18H17ClF2N2O2S. The van der Waals surface area contributed by atoms with Crippen LogP contribution >= 0.6 is 23.4 Å². The zero-order chi connectivity index (χ0) is 19.1. The Hall–Kier alpha value is -2.12. The largest absolute Gasteiger partial charge is 0.349 e. The average Bonchev–Trinajstić information content (AvgIpc) is 2.56. The van der Waals surface area contributed by atoms with Crippen LogP contribution in [0.4, 0.5) is 14.5 Å². The van der Waals surface area contributed by atoms with Crippen LogP contribution in [0.2, 0.25) is 5.02 Å². The number of carbonyl (C=O) groups is 2. The molecule has 0 aliphatic carbocycles. The first kappa shape index (κ1) is 20.2. The van der Waals surface area contributed by atoms with E-state index in [0.29, 0.717) is 22.5 Å². The van der Waals surface area contributed by atoms with E-state index in [4.69, 9.17) is 11.6 Å². The van der Waals surface area contributed by atoms with Gasteiger partial charge >= 0.3 is 0 Å². The lowest BCUT2D eigenvalue weighted by molar-refractivity contribution is -0.120. The molecule has 1 atom stereocenters. The topological polar surface area (TPSA) is 58.2 Å². The average molecular weight is 399 g/mol. The van der Waals surface area contributed by atoms with Gasteiger partial charge in [0.2, 0.25) is 11.8 Å². The number of halogens is 3. The van der Waals surface area contributed by atoms with Gasteiger partial charge in [0.1, 0.15) is 0 Å². The van der Waals surface area contributed by atoms with Gasteiger partial charge in [-0.1, -0.05) is 47.6 Å². The van der Waals surface area contributed by atoms with E-state index in [1.807, 2.05) is 0 Å². The fraction of sp³-hybridized carbons (Fsp3) is 0.222. The molecule has 0 aliphatic heterocycles. The molecule has 138 valence electrons. The van der Waals surface area contributed by atoms with E-state index in [0.717, 1.165) is 5.56 Å². The highest BCUT2D eigenvalue weighted by Crippen LogP contribution is 2.32. The number of anilines is 1. The number of amides is 2. The molecule has 0 spiro atoms. The Balaban J connectivity index is 2.12. The summed E-state index contributed by atoms with van der Waals surface area (Å²) in [5.74, 6) is -3.28. The molecule has 0 aromatic heterocycles. The number of hydrogen-bond acceptors (Lipinski definition) is 3.